The minimum atomic E-state index is 0.0255. The molecule has 106 valence electrons. The summed E-state index contributed by atoms with van der Waals surface area (Å²) in [6.07, 6.45) is 2.88. The van der Waals surface area contributed by atoms with Crippen molar-refractivity contribution < 1.29 is 0 Å². The first-order chi connectivity index (χ1) is 9.02. The maximum Gasteiger partial charge on any atom is 0.141 e. The first kappa shape index (κ1) is 15.6. The molecular weight excluding hydrogens is 238 g/mol. The van der Waals surface area contributed by atoms with Crippen LogP contribution >= 0.6 is 0 Å². The van der Waals surface area contributed by atoms with Gasteiger partial charge < -0.3 is 10.6 Å². The molecule has 0 aromatic carbocycles. The molecule has 19 heavy (non-hydrogen) atoms. The van der Waals surface area contributed by atoms with Crippen LogP contribution in [-0.4, -0.2) is 54.3 Å². The fourth-order valence-electron chi connectivity index (χ4n) is 1.94. The highest BCUT2D eigenvalue weighted by molar-refractivity contribution is 5.93. The van der Waals surface area contributed by atoms with E-state index < -0.39 is 0 Å². The van der Waals surface area contributed by atoms with E-state index in [-0.39, 0.29) is 5.84 Å². The van der Waals surface area contributed by atoms with Gasteiger partial charge in [-0.25, -0.2) is 0 Å². The van der Waals surface area contributed by atoms with Gasteiger partial charge in [-0.3, -0.25) is 15.3 Å². The fraction of sp³-hybridized carbons (Fsp3) is 0.571. The first-order valence-electron chi connectivity index (χ1n) is 6.69. The number of hydrogen-bond acceptors (Lipinski definition) is 4. The van der Waals surface area contributed by atoms with E-state index in [1.807, 2.05) is 12.1 Å². The zero-order valence-corrected chi connectivity index (χ0v) is 12.2. The van der Waals surface area contributed by atoms with E-state index in [0.717, 1.165) is 38.2 Å². The molecule has 0 radical (unpaired) electrons. The topological polar surface area (TPSA) is 69.2 Å². The van der Waals surface area contributed by atoms with Crippen LogP contribution in [0.5, 0.6) is 0 Å². The Kier molecular flexibility index (Phi) is 6.45. The van der Waals surface area contributed by atoms with E-state index in [2.05, 4.69) is 35.8 Å². The maximum absolute atomic E-state index is 7.41. The predicted molar refractivity (Wildman–Crippen MR) is 79.4 cm³/mol. The van der Waals surface area contributed by atoms with Crippen LogP contribution in [0, 0.1) is 5.41 Å². The van der Waals surface area contributed by atoms with Gasteiger partial charge in [0.2, 0.25) is 0 Å². The number of nitrogens with one attached hydrogen (secondary N) is 1. The molecule has 5 heteroatoms. The molecule has 0 spiro atoms. The van der Waals surface area contributed by atoms with Crippen LogP contribution in [0.3, 0.4) is 0 Å². The lowest BCUT2D eigenvalue weighted by Crippen LogP contribution is -2.27. The van der Waals surface area contributed by atoms with Crippen molar-refractivity contribution in [1.29, 1.82) is 5.41 Å². The highest BCUT2D eigenvalue weighted by atomic mass is 15.1. The van der Waals surface area contributed by atoms with E-state index in [4.69, 9.17) is 11.1 Å². The van der Waals surface area contributed by atoms with E-state index in [1.54, 1.807) is 6.20 Å². The molecule has 0 amide bonds. The summed E-state index contributed by atoms with van der Waals surface area (Å²) in [6, 6.07) is 3.89. The molecular formula is C14H25N5. The lowest BCUT2D eigenvalue weighted by atomic mass is 10.2. The van der Waals surface area contributed by atoms with Crippen molar-refractivity contribution in [3.63, 3.8) is 0 Å². The molecule has 0 saturated carbocycles. The van der Waals surface area contributed by atoms with Gasteiger partial charge in [0.25, 0.3) is 0 Å². The number of aromatic nitrogens is 1. The van der Waals surface area contributed by atoms with Gasteiger partial charge in [-0.05, 0) is 57.8 Å². The molecule has 1 aromatic rings. The van der Waals surface area contributed by atoms with Gasteiger partial charge in [0.1, 0.15) is 11.5 Å². The van der Waals surface area contributed by atoms with E-state index in [1.165, 1.54) is 0 Å². The molecule has 1 aromatic heterocycles. The Labute approximate surface area is 115 Å². The number of rotatable bonds is 8. The van der Waals surface area contributed by atoms with Crippen LogP contribution < -0.4 is 5.73 Å². The average Bonchev–Trinajstić information content (AvgIpc) is 2.37. The number of hydrogen-bond donors (Lipinski definition) is 2. The third-order valence-electron chi connectivity index (χ3n) is 3.03. The largest absolute Gasteiger partial charge is 0.382 e. The fourth-order valence-corrected chi connectivity index (χ4v) is 1.94. The molecule has 0 saturated heterocycles. The molecule has 0 bridgehead atoms. The normalized spacial score (nSPS) is 11.2. The third kappa shape index (κ3) is 5.81. The number of nitrogens with zero attached hydrogens (tertiary/aromatic N) is 3. The third-order valence-corrected chi connectivity index (χ3v) is 3.03. The summed E-state index contributed by atoms with van der Waals surface area (Å²) in [5, 5.41) is 7.41. The molecule has 1 rings (SSSR count). The summed E-state index contributed by atoms with van der Waals surface area (Å²) in [5.74, 6) is 0.0255. The Morgan fingerprint density at radius 2 is 2.11 bits per heavy atom. The summed E-state index contributed by atoms with van der Waals surface area (Å²) in [4.78, 5) is 8.68. The lowest BCUT2D eigenvalue weighted by Gasteiger charge is -2.21. The lowest BCUT2D eigenvalue weighted by molar-refractivity contribution is 0.259. The molecule has 0 aliphatic heterocycles. The minimum absolute atomic E-state index is 0.0255. The number of nitrogen functional groups attached to an aromatic ring is 1. The van der Waals surface area contributed by atoms with E-state index in [0.29, 0.717) is 5.69 Å². The SMILES string of the molecule is CCN(CCCN(C)C)Cc1ccnc(C(=N)N)c1. The highest BCUT2D eigenvalue weighted by Gasteiger charge is 2.06. The molecule has 0 fully saturated rings. The maximum atomic E-state index is 7.41. The Morgan fingerprint density at radius 3 is 2.68 bits per heavy atom. The summed E-state index contributed by atoms with van der Waals surface area (Å²) in [7, 11) is 4.19. The quantitative estimate of drug-likeness (QED) is 0.545. The van der Waals surface area contributed by atoms with E-state index >= 15 is 0 Å². The Morgan fingerprint density at radius 1 is 1.37 bits per heavy atom. The van der Waals surface area contributed by atoms with Gasteiger partial charge in [-0.15, -0.1) is 0 Å². The Hall–Kier alpha value is -1.46. The van der Waals surface area contributed by atoms with E-state index in [9.17, 15) is 0 Å². The second-order valence-corrected chi connectivity index (χ2v) is 4.99. The standard InChI is InChI=1S/C14H25N5/c1-4-19(9-5-8-18(2)3)11-12-6-7-17-13(10-12)14(15)16/h6-7,10H,4-5,8-9,11H2,1-3H3,(H3,15,16). The molecule has 1 heterocycles. The van der Waals surface area contributed by atoms with Gasteiger partial charge >= 0.3 is 0 Å². The second kappa shape index (κ2) is 7.86. The molecule has 0 aliphatic rings. The van der Waals surface area contributed by atoms with Crippen LogP contribution in [0.15, 0.2) is 18.3 Å². The van der Waals surface area contributed by atoms with Crippen LogP contribution in [0.4, 0.5) is 0 Å². The monoisotopic (exact) mass is 263 g/mol. The Bertz CT molecular complexity index is 403. The molecule has 0 unspecified atom stereocenters. The molecule has 3 N–H and O–H groups in total. The summed E-state index contributed by atoms with van der Waals surface area (Å²) < 4.78 is 0. The minimum Gasteiger partial charge on any atom is -0.382 e. The van der Waals surface area contributed by atoms with Gasteiger partial charge in [0, 0.05) is 12.7 Å². The van der Waals surface area contributed by atoms with Crippen LogP contribution in [0.2, 0.25) is 0 Å². The van der Waals surface area contributed by atoms with Crippen molar-refractivity contribution >= 4 is 5.84 Å². The zero-order valence-electron chi connectivity index (χ0n) is 12.2. The molecule has 0 atom stereocenters. The predicted octanol–water partition coefficient (Wildman–Crippen LogP) is 1.14. The van der Waals surface area contributed by atoms with Crippen molar-refractivity contribution in [3.05, 3.63) is 29.6 Å². The van der Waals surface area contributed by atoms with Crippen LogP contribution in [0.25, 0.3) is 0 Å². The molecule has 0 aliphatic carbocycles. The first-order valence-corrected chi connectivity index (χ1v) is 6.69. The summed E-state index contributed by atoms with van der Waals surface area (Å²) in [6.45, 7) is 6.25. The van der Waals surface area contributed by atoms with Crippen LogP contribution in [0.1, 0.15) is 24.6 Å². The van der Waals surface area contributed by atoms with Crippen molar-refractivity contribution in [3.8, 4) is 0 Å². The van der Waals surface area contributed by atoms with Crippen LogP contribution in [-0.2, 0) is 6.54 Å². The van der Waals surface area contributed by atoms with Gasteiger partial charge in [0.05, 0.1) is 0 Å². The highest BCUT2D eigenvalue weighted by Crippen LogP contribution is 2.06. The number of pyridine rings is 1. The van der Waals surface area contributed by atoms with Gasteiger partial charge in [-0.2, -0.15) is 0 Å². The summed E-state index contributed by atoms with van der Waals surface area (Å²) >= 11 is 0. The number of nitrogens with two attached hydrogens (primary N) is 1. The number of amidine groups is 1. The van der Waals surface area contributed by atoms with Crippen molar-refractivity contribution in [2.24, 2.45) is 5.73 Å². The zero-order chi connectivity index (χ0) is 14.3. The van der Waals surface area contributed by atoms with Gasteiger partial charge in [0.15, 0.2) is 0 Å². The summed E-state index contributed by atoms with van der Waals surface area (Å²) in [5.41, 5.74) is 7.18. The Balaban J connectivity index is 2.55. The van der Waals surface area contributed by atoms with Gasteiger partial charge in [-0.1, -0.05) is 6.92 Å². The van der Waals surface area contributed by atoms with Crippen molar-refractivity contribution in [2.45, 2.75) is 19.9 Å². The second-order valence-electron chi connectivity index (χ2n) is 4.99. The van der Waals surface area contributed by atoms with Crippen molar-refractivity contribution in [1.82, 2.24) is 14.8 Å². The average molecular weight is 263 g/mol. The smallest absolute Gasteiger partial charge is 0.141 e. The molecule has 5 nitrogen and oxygen atoms in total. The van der Waals surface area contributed by atoms with Crippen molar-refractivity contribution in [2.75, 3.05) is 33.7 Å².